The highest BCUT2D eigenvalue weighted by Crippen LogP contribution is 2.33. The van der Waals surface area contributed by atoms with Gasteiger partial charge in [-0.2, -0.15) is 5.10 Å². The molecule has 3 atom stereocenters. The fourth-order valence-electron chi connectivity index (χ4n) is 2.81. The number of hydrogen-bond donors (Lipinski definition) is 1. The van der Waals surface area contributed by atoms with E-state index in [-0.39, 0.29) is 0 Å². The second-order valence-electron chi connectivity index (χ2n) is 5.40. The molecule has 3 heteroatoms. The summed E-state index contributed by atoms with van der Waals surface area (Å²) in [6.07, 6.45) is 10.2. The molecule has 2 rings (SSSR count). The Balaban J connectivity index is 1.77. The van der Waals surface area contributed by atoms with E-state index in [1.807, 2.05) is 17.9 Å². The standard InChI is InChI=1S/C13H23N3/c1-10-3-5-12(7-10)13(14)6-4-11-8-15-16(2)9-11/h8-10,12-13H,3-7,14H2,1-2H3. The molecule has 0 bridgehead atoms. The molecular weight excluding hydrogens is 198 g/mol. The Morgan fingerprint density at radius 3 is 2.94 bits per heavy atom. The monoisotopic (exact) mass is 221 g/mol. The fraction of sp³-hybridized carbons (Fsp3) is 0.769. The Morgan fingerprint density at radius 1 is 1.56 bits per heavy atom. The van der Waals surface area contributed by atoms with Gasteiger partial charge in [0.25, 0.3) is 0 Å². The lowest BCUT2D eigenvalue weighted by atomic mass is 9.93. The van der Waals surface area contributed by atoms with Crippen molar-refractivity contribution in [3.8, 4) is 0 Å². The maximum absolute atomic E-state index is 6.27. The van der Waals surface area contributed by atoms with Crippen LogP contribution < -0.4 is 5.73 Å². The first kappa shape index (κ1) is 11.6. The maximum Gasteiger partial charge on any atom is 0.0521 e. The highest BCUT2D eigenvalue weighted by molar-refractivity contribution is 5.04. The topological polar surface area (TPSA) is 43.8 Å². The van der Waals surface area contributed by atoms with Gasteiger partial charge in [-0.15, -0.1) is 0 Å². The minimum absolute atomic E-state index is 0.380. The molecule has 0 spiro atoms. The first-order valence-corrected chi connectivity index (χ1v) is 6.38. The van der Waals surface area contributed by atoms with Gasteiger partial charge in [-0.05, 0) is 43.1 Å². The van der Waals surface area contributed by atoms with E-state index < -0.39 is 0 Å². The Labute approximate surface area is 98.0 Å². The smallest absolute Gasteiger partial charge is 0.0521 e. The molecule has 2 N–H and O–H groups in total. The third kappa shape index (κ3) is 2.85. The van der Waals surface area contributed by atoms with E-state index in [4.69, 9.17) is 5.73 Å². The third-order valence-electron chi connectivity index (χ3n) is 3.87. The van der Waals surface area contributed by atoms with Gasteiger partial charge in [-0.25, -0.2) is 0 Å². The maximum atomic E-state index is 6.27. The van der Waals surface area contributed by atoms with Crippen molar-refractivity contribution in [2.24, 2.45) is 24.6 Å². The van der Waals surface area contributed by atoms with E-state index in [2.05, 4.69) is 18.2 Å². The number of nitrogens with zero attached hydrogens (tertiary/aromatic N) is 2. The van der Waals surface area contributed by atoms with E-state index in [0.29, 0.717) is 6.04 Å². The van der Waals surface area contributed by atoms with Crippen LogP contribution >= 0.6 is 0 Å². The van der Waals surface area contributed by atoms with Gasteiger partial charge in [0, 0.05) is 19.3 Å². The molecule has 1 heterocycles. The zero-order valence-corrected chi connectivity index (χ0v) is 10.4. The fourth-order valence-corrected chi connectivity index (χ4v) is 2.81. The number of rotatable bonds is 4. The SMILES string of the molecule is CC1CCC(C(N)CCc2cnn(C)c2)C1. The molecule has 1 aromatic heterocycles. The lowest BCUT2D eigenvalue weighted by molar-refractivity contribution is 0.398. The Hall–Kier alpha value is -0.830. The number of nitrogens with two attached hydrogens (primary N) is 1. The van der Waals surface area contributed by atoms with Gasteiger partial charge in [0.15, 0.2) is 0 Å². The summed E-state index contributed by atoms with van der Waals surface area (Å²) >= 11 is 0. The average molecular weight is 221 g/mol. The summed E-state index contributed by atoms with van der Waals surface area (Å²) in [5, 5.41) is 4.18. The number of hydrogen-bond acceptors (Lipinski definition) is 2. The van der Waals surface area contributed by atoms with Gasteiger partial charge in [-0.3, -0.25) is 4.68 Å². The largest absolute Gasteiger partial charge is 0.327 e. The molecule has 0 aromatic carbocycles. The molecule has 1 saturated carbocycles. The van der Waals surface area contributed by atoms with E-state index in [9.17, 15) is 0 Å². The minimum Gasteiger partial charge on any atom is -0.327 e. The minimum atomic E-state index is 0.380. The average Bonchev–Trinajstić information content (AvgIpc) is 2.84. The Kier molecular flexibility index (Phi) is 3.64. The molecule has 3 nitrogen and oxygen atoms in total. The van der Waals surface area contributed by atoms with Gasteiger partial charge in [0.05, 0.1) is 6.20 Å². The molecular formula is C13H23N3. The summed E-state index contributed by atoms with van der Waals surface area (Å²) in [6.45, 7) is 2.34. The van der Waals surface area contributed by atoms with Gasteiger partial charge in [-0.1, -0.05) is 13.3 Å². The highest BCUT2D eigenvalue weighted by atomic mass is 15.2. The van der Waals surface area contributed by atoms with Crippen molar-refractivity contribution < 1.29 is 0 Å². The van der Waals surface area contributed by atoms with Gasteiger partial charge >= 0.3 is 0 Å². The van der Waals surface area contributed by atoms with Crippen LogP contribution in [-0.2, 0) is 13.5 Å². The predicted octanol–water partition coefficient (Wildman–Crippen LogP) is 2.12. The summed E-state index contributed by atoms with van der Waals surface area (Å²) in [7, 11) is 1.96. The number of aromatic nitrogens is 2. The summed E-state index contributed by atoms with van der Waals surface area (Å²) in [4.78, 5) is 0. The van der Waals surface area contributed by atoms with Gasteiger partial charge < -0.3 is 5.73 Å². The normalized spacial score (nSPS) is 27.2. The molecule has 1 fully saturated rings. The van der Waals surface area contributed by atoms with Crippen LogP contribution in [0, 0.1) is 11.8 Å². The molecule has 0 radical (unpaired) electrons. The van der Waals surface area contributed by atoms with Crippen LogP contribution in [0.15, 0.2) is 12.4 Å². The van der Waals surface area contributed by atoms with Crippen LogP contribution in [0.3, 0.4) is 0 Å². The quantitative estimate of drug-likeness (QED) is 0.846. The Morgan fingerprint density at radius 2 is 2.38 bits per heavy atom. The Bertz CT molecular complexity index is 332. The summed E-state index contributed by atoms with van der Waals surface area (Å²) in [5.74, 6) is 1.64. The second kappa shape index (κ2) is 5.00. The summed E-state index contributed by atoms with van der Waals surface area (Å²) < 4.78 is 1.86. The molecule has 16 heavy (non-hydrogen) atoms. The first-order chi connectivity index (χ1) is 7.65. The predicted molar refractivity (Wildman–Crippen MR) is 66.0 cm³/mol. The third-order valence-corrected chi connectivity index (χ3v) is 3.87. The number of aryl methyl sites for hydroxylation is 2. The lowest BCUT2D eigenvalue weighted by Gasteiger charge is -2.18. The molecule has 90 valence electrons. The zero-order valence-electron chi connectivity index (χ0n) is 10.4. The summed E-state index contributed by atoms with van der Waals surface area (Å²) in [5.41, 5.74) is 7.58. The van der Waals surface area contributed by atoms with Crippen molar-refractivity contribution in [1.29, 1.82) is 0 Å². The van der Waals surface area contributed by atoms with Crippen molar-refractivity contribution in [3.05, 3.63) is 18.0 Å². The molecule has 1 aliphatic rings. The van der Waals surface area contributed by atoms with Crippen molar-refractivity contribution in [2.45, 2.75) is 45.1 Å². The van der Waals surface area contributed by atoms with E-state index >= 15 is 0 Å². The van der Waals surface area contributed by atoms with E-state index in [1.54, 1.807) is 0 Å². The molecule has 0 aliphatic heterocycles. The van der Waals surface area contributed by atoms with Crippen LogP contribution in [0.5, 0.6) is 0 Å². The van der Waals surface area contributed by atoms with Crippen molar-refractivity contribution >= 4 is 0 Å². The molecule has 0 saturated heterocycles. The first-order valence-electron chi connectivity index (χ1n) is 6.38. The van der Waals surface area contributed by atoms with Crippen LogP contribution in [0.4, 0.5) is 0 Å². The van der Waals surface area contributed by atoms with E-state index in [0.717, 1.165) is 24.7 Å². The van der Waals surface area contributed by atoms with Crippen molar-refractivity contribution in [1.82, 2.24) is 9.78 Å². The molecule has 0 amide bonds. The van der Waals surface area contributed by atoms with Crippen LogP contribution in [-0.4, -0.2) is 15.8 Å². The van der Waals surface area contributed by atoms with Crippen LogP contribution in [0.25, 0.3) is 0 Å². The van der Waals surface area contributed by atoms with Crippen molar-refractivity contribution in [2.75, 3.05) is 0 Å². The van der Waals surface area contributed by atoms with Crippen molar-refractivity contribution in [3.63, 3.8) is 0 Å². The second-order valence-corrected chi connectivity index (χ2v) is 5.40. The lowest BCUT2D eigenvalue weighted by Crippen LogP contribution is -2.29. The van der Waals surface area contributed by atoms with Crippen LogP contribution in [0.1, 0.15) is 38.2 Å². The van der Waals surface area contributed by atoms with E-state index in [1.165, 1.54) is 24.8 Å². The van der Waals surface area contributed by atoms with Gasteiger partial charge in [0.2, 0.25) is 0 Å². The van der Waals surface area contributed by atoms with Gasteiger partial charge in [0.1, 0.15) is 0 Å². The highest BCUT2D eigenvalue weighted by Gasteiger charge is 2.26. The van der Waals surface area contributed by atoms with Crippen LogP contribution in [0.2, 0.25) is 0 Å². The molecule has 1 aliphatic carbocycles. The molecule has 1 aromatic rings. The summed E-state index contributed by atoms with van der Waals surface area (Å²) in [6, 6.07) is 0.380. The zero-order chi connectivity index (χ0) is 11.5. The molecule has 3 unspecified atom stereocenters.